The first-order chi connectivity index (χ1) is 9.26. The molecule has 1 aliphatic heterocycles. The van der Waals surface area contributed by atoms with Gasteiger partial charge in [-0.25, -0.2) is 4.39 Å². The number of hydrogen-bond donors (Lipinski definition) is 1. The number of benzene rings is 1. The van der Waals surface area contributed by atoms with Crippen molar-refractivity contribution < 1.29 is 32.2 Å². The fourth-order valence-corrected chi connectivity index (χ4v) is 2.10. The number of aliphatic carboxylic acids is 1. The van der Waals surface area contributed by atoms with Crippen molar-refractivity contribution in [2.45, 2.75) is 18.5 Å². The predicted molar refractivity (Wildman–Crippen MR) is 59.3 cm³/mol. The highest BCUT2D eigenvalue weighted by Gasteiger charge is 2.43. The fourth-order valence-electron chi connectivity index (χ4n) is 2.10. The molecule has 1 unspecified atom stereocenters. The molecule has 0 bridgehead atoms. The second-order valence-corrected chi connectivity index (χ2v) is 4.43. The van der Waals surface area contributed by atoms with Gasteiger partial charge < -0.3 is 5.11 Å². The van der Waals surface area contributed by atoms with Crippen LogP contribution >= 0.6 is 0 Å². The third-order valence-electron chi connectivity index (χ3n) is 2.96. The van der Waals surface area contributed by atoms with E-state index in [0.717, 1.165) is 12.1 Å². The van der Waals surface area contributed by atoms with E-state index in [9.17, 15) is 22.4 Å². The molecule has 1 atom stereocenters. The highest BCUT2D eigenvalue weighted by Crippen LogP contribution is 2.30. The van der Waals surface area contributed by atoms with Crippen LogP contribution in [0.15, 0.2) is 24.3 Å². The first-order valence-corrected chi connectivity index (χ1v) is 5.73. The summed E-state index contributed by atoms with van der Waals surface area (Å²) in [5.41, 5.74) is 0.310. The van der Waals surface area contributed by atoms with Crippen LogP contribution in [0.5, 0.6) is 0 Å². The molecule has 0 saturated carbocycles. The summed E-state index contributed by atoms with van der Waals surface area (Å²) in [7, 11) is 0. The van der Waals surface area contributed by atoms with Gasteiger partial charge in [0, 0.05) is 13.1 Å². The van der Waals surface area contributed by atoms with E-state index in [0.29, 0.717) is 5.56 Å². The van der Waals surface area contributed by atoms with Crippen molar-refractivity contribution in [3.63, 3.8) is 0 Å². The molecule has 1 aromatic carbocycles. The first-order valence-electron chi connectivity index (χ1n) is 5.73. The number of nitrogens with zero attached hydrogens (tertiary/aromatic N) is 1. The maximum absolute atomic E-state index is 12.8. The smallest absolute Gasteiger partial charge is 0.480 e. The molecule has 0 aromatic heterocycles. The molecule has 20 heavy (non-hydrogen) atoms. The van der Waals surface area contributed by atoms with E-state index < -0.39 is 30.3 Å². The van der Waals surface area contributed by atoms with Crippen LogP contribution in [0.1, 0.15) is 11.6 Å². The van der Waals surface area contributed by atoms with E-state index in [1.807, 2.05) is 0 Å². The van der Waals surface area contributed by atoms with Crippen LogP contribution in [-0.2, 0) is 9.53 Å². The van der Waals surface area contributed by atoms with Crippen molar-refractivity contribution in [3.05, 3.63) is 35.6 Å². The third-order valence-corrected chi connectivity index (χ3v) is 2.96. The molecule has 0 spiro atoms. The summed E-state index contributed by atoms with van der Waals surface area (Å²) in [6.07, 6.45) is -5.80. The minimum Gasteiger partial charge on any atom is -0.480 e. The van der Waals surface area contributed by atoms with Gasteiger partial charge in [0.1, 0.15) is 11.9 Å². The number of halogens is 4. The SMILES string of the molecule is O=C(O)C(c1ccc(F)cc1)N1CC(OC(F)(F)F)C1. The Bertz CT molecular complexity index is 482. The molecule has 0 amide bonds. The van der Waals surface area contributed by atoms with Crippen LogP contribution in [-0.4, -0.2) is 41.5 Å². The van der Waals surface area contributed by atoms with Gasteiger partial charge in [0.25, 0.3) is 0 Å². The average molecular weight is 293 g/mol. The Morgan fingerprint density at radius 3 is 2.30 bits per heavy atom. The summed E-state index contributed by atoms with van der Waals surface area (Å²) >= 11 is 0. The predicted octanol–water partition coefficient (Wildman–Crippen LogP) is 2.17. The Morgan fingerprint density at radius 1 is 1.30 bits per heavy atom. The van der Waals surface area contributed by atoms with Crippen LogP contribution in [0, 0.1) is 5.82 Å². The van der Waals surface area contributed by atoms with E-state index in [2.05, 4.69) is 4.74 Å². The zero-order chi connectivity index (χ0) is 14.9. The number of ether oxygens (including phenoxy) is 1. The number of rotatable bonds is 4. The number of carbonyl (C=O) groups is 1. The van der Waals surface area contributed by atoms with Crippen molar-refractivity contribution in [2.24, 2.45) is 0 Å². The molecule has 1 aliphatic rings. The monoisotopic (exact) mass is 293 g/mol. The first kappa shape index (κ1) is 14.7. The second-order valence-electron chi connectivity index (χ2n) is 4.43. The van der Waals surface area contributed by atoms with Crippen LogP contribution in [0.25, 0.3) is 0 Å². The molecule has 2 rings (SSSR count). The van der Waals surface area contributed by atoms with Crippen molar-refractivity contribution >= 4 is 5.97 Å². The topological polar surface area (TPSA) is 49.8 Å². The Hall–Kier alpha value is -1.67. The summed E-state index contributed by atoms with van der Waals surface area (Å²) in [5.74, 6) is -1.72. The lowest BCUT2D eigenvalue weighted by Gasteiger charge is -2.42. The molecule has 1 aromatic rings. The van der Waals surface area contributed by atoms with Gasteiger partial charge in [-0.05, 0) is 17.7 Å². The van der Waals surface area contributed by atoms with Gasteiger partial charge in [-0.3, -0.25) is 14.4 Å². The summed E-state index contributed by atoms with van der Waals surface area (Å²) in [4.78, 5) is 12.5. The zero-order valence-electron chi connectivity index (χ0n) is 10.1. The zero-order valence-corrected chi connectivity index (χ0v) is 10.1. The second kappa shape index (κ2) is 5.37. The van der Waals surface area contributed by atoms with Crippen LogP contribution < -0.4 is 0 Å². The highest BCUT2D eigenvalue weighted by molar-refractivity contribution is 5.75. The largest absolute Gasteiger partial charge is 0.522 e. The molecular weight excluding hydrogens is 282 g/mol. The average Bonchev–Trinajstić information content (AvgIpc) is 2.26. The highest BCUT2D eigenvalue weighted by atomic mass is 19.4. The summed E-state index contributed by atoms with van der Waals surface area (Å²) in [5, 5.41) is 9.15. The normalized spacial score (nSPS) is 18.6. The molecule has 8 heteroatoms. The van der Waals surface area contributed by atoms with Gasteiger partial charge in [0.2, 0.25) is 0 Å². The number of carboxylic acid groups (broad SMARTS) is 1. The quantitative estimate of drug-likeness (QED) is 0.864. The molecule has 4 nitrogen and oxygen atoms in total. The fraction of sp³-hybridized carbons (Fsp3) is 0.417. The van der Waals surface area contributed by atoms with Crippen molar-refractivity contribution in [1.82, 2.24) is 4.90 Å². The lowest BCUT2D eigenvalue weighted by molar-refractivity contribution is -0.355. The minimum atomic E-state index is -4.73. The van der Waals surface area contributed by atoms with Crippen molar-refractivity contribution in [1.29, 1.82) is 0 Å². The Kier molecular flexibility index (Phi) is 3.96. The van der Waals surface area contributed by atoms with Crippen molar-refractivity contribution in [2.75, 3.05) is 13.1 Å². The summed E-state index contributed by atoms with van der Waals surface area (Å²) in [6.45, 7) is -0.290. The number of hydrogen-bond acceptors (Lipinski definition) is 3. The molecule has 1 saturated heterocycles. The third kappa shape index (κ3) is 3.45. The van der Waals surface area contributed by atoms with Gasteiger partial charge in [-0.1, -0.05) is 12.1 Å². The van der Waals surface area contributed by atoms with Crippen molar-refractivity contribution in [3.8, 4) is 0 Å². The molecule has 1 N–H and O–H groups in total. The molecule has 1 fully saturated rings. The number of alkyl halides is 3. The van der Waals surface area contributed by atoms with Crippen LogP contribution in [0.3, 0.4) is 0 Å². The van der Waals surface area contributed by atoms with E-state index in [-0.39, 0.29) is 13.1 Å². The Morgan fingerprint density at radius 2 is 1.85 bits per heavy atom. The molecule has 1 heterocycles. The lowest BCUT2D eigenvalue weighted by atomic mass is 10.0. The Labute approximate surface area is 111 Å². The molecule has 0 radical (unpaired) electrons. The molecule has 0 aliphatic carbocycles. The van der Waals surface area contributed by atoms with Gasteiger partial charge in [0.15, 0.2) is 0 Å². The van der Waals surface area contributed by atoms with Crippen LogP contribution in [0.4, 0.5) is 17.6 Å². The van der Waals surface area contributed by atoms with E-state index in [4.69, 9.17) is 5.11 Å². The van der Waals surface area contributed by atoms with Gasteiger partial charge in [-0.15, -0.1) is 13.2 Å². The Balaban J connectivity index is 2.02. The summed E-state index contributed by atoms with van der Waals surface area (Å²) in [6, 6.07) is 3.70. The number of likely N-dealkylation sites (tertiary alicyclic amines) is 1. The standard InChI is InChI=1S/C12H11F4NO3/c13-8-3-1-7(2-4-8)10(11(18)19)17-5-9(6-17)20-12(14,15)16/h1-4,9-10H,5-6H2,(H,18,19). The maximum atomic E-state index is 12.8. The number of carboxylic acids is 1. The van der Waals surface area contributed by atoms with Crippen LogP contribution in [0.2, 0.25) is 0 Å². The summed E-state index contributed by atoms with van der Waals surface area (Å²) < 4.78 is 52.5. The van der Waals surface area contributed by atoms with Gasteiger partial charge in [-0.2, -0.15) is 0 Å². The van der Waals surface area contributed by atoms with Gasteiger partial charge in [0.05, 0.1) is 6.10 Å². The van der Waals surface area contributed by atoms with E-state index >= 15 is 0 Å². The lowest BCUT2D eigenvalue weighted by Crippen LogP contribution is -2.56. The van der Waals surface area contributed by atoms with Gasteiger partial charge >= 0.3 is 12.3 Å². The van der Waals surface area contributed by atoms with E-state index in [1.54, 1.807) is 0 Å². The minimum absolute atomic E-state index is 0.145. The van der Waals surface area contributed by atoms with E-state index in [1.165, 1.54) is 17.0 Å². The molecule has 110 valence electrons. The maximum Gasteiger partial charge on any atom is 0.522 e. The molecular formula is C12H11F4NO3.